The van der Waals surface area contributed by atoms with Crippen molar-refractivity contribution in [3.8, 4) is 11.6 Å². The van der Waals surface area contributed by atoms with Crippen molar-refractivity contribution in [1.29, 1.82) is 0 Å². The van der Waals surface area contributed by atoms with Crippen LogP contribution in [0.3, 0.4) is 0 Å². The smallest absolute Gasteiger partial charge is 0.239 e. The molecular weight excluding hydrogens is 236 g/mol. The van der Waals surface area contributed by atoms with E-state index in [2.05, 4.69) is 40.3 Å². The number of hydrogen-bond acceptors (Lipinski definition) is 7. The number of hydrogen-bond donors (Lipinski definition) is 3. The molecule has 0 fully saturated rings. The maximum atomic E-state index is 5.46. The Kier molecular flexibility index (Phi) is 1.51. The lowest BCUT2D eigenvalue weighted by Gasteiger charge is -1.95. The van der Waals surface area contributed by atoms with Gasteiger partial charge in [0.25, 0.3) is 0 Å². The molecule has 10 heteroatoms. The summed E-state index contributed by atoms with van der Waals surface area (Å²) in [6.07, 6.45) is 3.13. The Morgan fingerprint density at radius 3 is 3.00 bits per heavy atom. The second-order valence-electron chi connectivity index (χ2n) is 3.61. The van der Waals surface area contributed by atoms with Crippen LogP contribution in [0.4, 0.5) is 5.95 Å². The van der Waals surface area contributed by atoms with Gasteiger partial charge in [-0.3, -0.25) is 9.50 Å². The fourth-order valence-corrected chi connectivity index (χ4v) is 1.77. The molecule has 0 amide bonds. The molecule has 18 heavy (non-hydrogen) atoms. The van der Waals surface area contributed by atoms with Crippen molar-refractivity contribution in [1.82, 2.24) is 44.7 Å². The van der Waals surface area contributed by atoms with Crippen molar-refractivity contribution < 1.29 is 0 Å². The topological polar surface area (TPSA) is 139 Å². The molecule has 0 aliphatic rings. The molecule has 4 rings (SSSR count). The Morgan fingerprint density at radius 1 is 1.22 bits per heavy atom. The predicted octanol–water partition coefficient (Wildman–Crippen LogP) is -0.632. The third-order valence-corrected chi connectivity index (χ3v) is 2.55. The molecule has 0 aliphatic heterocycles. The van der Waals surface area contributed by atoms with Gasteiger partial charge in [-0.05, 0) is 0 Å². The molecule has 4 N–H and O–H groups in total. The molecule has 0 unspecified atom stereocenters. The highest BCUT2D eigenvalue weighted by Gasteiger charge is 2.15. The van der Waals surface area contributed by atoms with Crippen LogP contribution in [-0.2, 0) is 0 Å². The number of rotatable bonds is 1. The average Bonchev–Trinajstić information content (AvgIpc) is 3.03. The highest BCUT2D eigenvalue weighted by Crippen LogP contribution is 2.18. The summed E-state index contributed by atoms with van der Waals surface area (Å²) < 4.78 is 1.68. The monoisotopic (exact) mass is 242 g/mol. The van der Waals surface area contributed by atoms with Gasteiger partial charge in [-0.15, -0.1) is 15.3 Å². The number of aromatic amines is 2. The SMILES string of the molecule is Nc1n[nH]c(-c2nnc3c4[nH]cnc4ncn23)n1. The van der Waals surface area contributed by atoms with Crippen LogP contribution in [0.15, 0.2) is 12.7 Å². The van der Waals surface area contributed by atoms with E-state index in [1.54, 1.807) is 17.1 Å². The van der Waals surface area contributed by atoms with Crippen molar-refractivity contribution in [3.63, 3.8) is 0 Å². The van der Waals surface area contributed by atoms with Crippen LogP contribution in [0.5, 0.6) is 0 Å². The number of fused-ring (bicyclic) bond motifs is 3. The summed E-state index contributed by atoms with van der Waals surface area (Å²) in [5.74, 6) is 1.07. The van der Waals surface area contributed by atoms with E-state index in [0.717, 1.165) is 0 Å². The van der Waals surface area contributed by atoms with Crippen molar-refractivity contribution in [2.45, 2.75) is 0 Å². The van der Waals surface area contributed by atoms with Gasteiger partial charge in [-0.1, -0.05) is 0 Å². The molecular formula is C8H6N10. The molecule has 0 spiro atoms. The van der Waals surface area contributed by atoms with E-state index < -0.39 is 0 Å². The fourth-order valence-electron chi connectivity index (χ4n) is 1.77. The van der Waals surface area contributed by atoms with Gasteiger partial charge in [-0.2, -0.15) is 4.98 Å². The zero-order valence-corrected chi connectivity index (χ0v) is 8.86. The van der Waals surface area contributed by atoms with Crippen LogP contribution in [-0.4, -0.2) is 44.7 Å². The summed E-state index contributed by atoms with van der Waals surface area (Å²) in [6, 6.07) is 0. The number of nitrogen functional groups attached to an aromatic ring is 1. The summed E-state index contributed by atoms with van der Waals surface area (Å²) in [6.45, 7) is 0. The third kappa shape index (κ3) is 1.05. The van der Waals surface area contributed by atoms with Gasteiger partial charge >= 0.3 is 0 Å². The highest BCUT2D eigenvalue weighted by molar-refractivity contribution is 5.85. The number of imidazole rings is 1. The first-order chi connectivity index (χ1) is 8.83. The first-order valence-electron chi connectivity index (χ1n) is 5.04. The van der Waals surface area contributed by atoms with Crippen molar-refractivity contribution in [3.05, 3.63) is 12.7 Å². The number of anilines is 1. The van der Waals surface area contributed by atoms with Gasteiger partial charge in [0.2, 0.25) is 11.8 Å². The molecule has 0 radical (unpaired) electrons. The van der Waals surface area contributed by atoms with Crippen LogP contribution in [0.1, 0.15) is 0 Å². The summed E-state index contributed by atoms with van der Waals surface area (Å²) in [7, 11) is 0. The van der Waals surface area contributed by atoms with Crippen LogP contribution in [0, 0.1) is 0 Å². The Bertz CT molecular complexity index is 851. The third-order valence-electron chi connectivity index (χ3n) is 2.55. The first kappa shape index (κ1) is 9.04. The molecule has 4 heterocycles. The molecule has 0 bridgehead atoms. The molecule has 0 atom stereocenters. The normalized spacial score (nSPS) is 11.6. The van der Waals surface area contributed by atoms with E-state index in [-0.39, 0.29) is 5.95 Å². The van der Waals surface area contributed by atoms with E-state index >= 15 is 0 Å². The molecule has 4 aromatic heterocycles. The first-order valence-corrected chi connectivity index (χ1v) is 5.04. The predicted molar refractivity (Wildman–Crippen MR) is 60.2 cm³/mol. The number of H-pyrrole nitrogens is 2. The second kappa shape index (κ2) is 3.00. The summed E-state index contributed by atoms with van der Waals surface area (Å²) in [5.41, 5.74) is 7.37. The summed E-state index contributed by atoms with van der Waals surface area (Å²) in [5, 5.41) is 14.6. The number of aromatic nitrogens is 9. The number of nitrogens with one attached hydrogen (secondary N) is 2. The molecule has 0 aliphatic carbocycles. The Labute approximate surface area is 98.3 Å². The highest BCUT2D eigenvalue weighted by atomic mass is 15.3. The molecule has 0 saturated carbocycles. The minimum absolute atomic E-state index is 0.150. The fraction of sp³-hybridized carbons (Fsp3) is 0. The maximum Gasteiger partial charge on any atom is 0.239 e. The lowest BCUT2D eigenvalue weighted by atomic mass is 10.5. The number of nitrogens with zero attached hydrogens (tertiary/aromatic N) is 7. The maximum absolute atomic E-state index is 5.46. The zero-order chi connectivity index (χ0) is 12.1. The minimum atomic E-state index is 0.150. The van der Waals surface area contributed by atoms with Crippen LogP contribution in [0.25, 0.3) is 28.5 Å². The standard InChI is InChI=1S/C8H6N10/c9-8-13-5(14-17-8)7-16-15-6-3-4(11-1-10-3)12-2-18(6)7/h1-2H,(H,10,11)(H3,9,13,14,17). The van der Waals surface area contributed by atoms with E-state index in [1.165, 1.54) is 0 Å². The van der Waals surface area contributed by atoms with E-state index in [9.17, 15) is 0 Å². The Hall–Kier alpha value is -3.04. The Morgan fingerprint density at radius 2 is 2.17 bits per heavy atom. The molecule has 10 nitrogen and oxygen atoms in total. The van der Waals surface area contributed by atoms with Crippen LogP contribution in [0.2, 0.25) is 0 Å². The van der Waals surface area contributed by atoms with Crippen LogP contribution >= 0.6 is 0 Å². The van der Waals surface area contributed by atoms with Gasteiger partial charge in [-0.25, -0.2) is 9.97 Å². The van der Waals surface area contributed by atoms with Gasteiger partial charge in [0.1, 0.15) is 11.8 Å². The lowest BCUT2D eigenvalue weighted by molar-refractivity contribution is 1.03. The van der Waals surface area contributed by atoms with E-state index in [0.29, 0.717) is 28.5 Å². The zero-order valence-electron chi connectivity index (χ0n) is 8.86. The van der Waals surface area contributed by atoms with Gasteiger partial charge in [0, 0.05) is 0 Å². The van der Waals surface area contributed by atoms with Crippen LogP contribution < -0.4 is 5.73 Å². The molecule has 88 valence electrons. The molecule has 0 aromatic carbocycles. The minimum Gasteiger partial charge on any atom is -0.366 e. The van der Waals surface area contributed by atoms with Gasteiger partial charge in [0.05, 0.1) is 6.33 Å². The second-order valence-corrected chi connectivity index (χ2v) is 3.61. The summed E-state index contributed by atoms with van der Waals surface area (Å²) >= 11 is 0. The quantitative estimate of drug-likeness (QED) is 0.403. The van der Waals surface area contributed by atoms with Gasteiger partial charge < -0.3 is 10.7 Å². The summed E-state index contributed by atoms with van der Waals surface area (Å²) in [4.78, 5) is 15.2. The van der Waals surface area contributed by atoms with Crippen molar-refractivity contribution >= 4 is 22.8 Å². The van der Waals surface area contributed by atoms with Gasteiger partial charge in [0.15, 0.2) is 17.1 Å². The van der Waals surface area contributed by atoms with E-state index in [1.807, 2.05) is 0 Å². The lowest BCUT2D eigenvalue weighted by Crippen LogP contribution is -1.94. The largest absolute Gasteiger partial charge is 0.366 e. The van der Waals surface area contributed by atoms with Crippen molar-refractivity contribution in [2.75, 3.05) is 5.73 Å². The number of nitrogens with two attached hydrogens (primary N) is 1. The van der Waals surface area contributed by atoms with E-state index in [4.69, 9.17) is 5.73 Å². The molecule has 0 saturated heterocycles. The molecule has 4 aromatic rings. The average molecular weight is 242 g/mol. The van der Waals surface area contributed by atoms with Crippen molar-refractivity contribution in [2.24, 2.45) is 0 Å². The Balaban J connectivity index is 2.07.